The first-order chi connectivity index (χ1) is 7.45. The molecule has 0 fully saturated rings. The van der Waals surface area contributed by atoms with Crippen LogP contribution in [0.15, 0.2) is 11.2 Å². The fourth-order valence-corrected chi connectivity index (χ4v) is 1.64. The van der Waals surface area contributed by atoms with Crippen molar-refractivity contribution in [1.82, 2.24) is 4.98 Å². The van der Waals surface area contributed by atoms with Gasteiger partial charge in [0.15, 0.2) is 5.84 Å². The minimum absolute atomic E-state index is 0.146. The molecule has 0 saturated heterocycles. The molecule has 1 aromatic heterocycles. The molecule has 0 radical (unpaired) electrons. The van der Waals surface area contributed by atoms with Crippen molar-refractivity contribution in [1.29, 1.82) is 0 Å². The maximum absolute atomic E-state index is 8.72. The summed E-state index contributed by atoms with van der Waals surface area (Å²) in [5.41, 5.74) is 9.28. The maximum Gasteiger partial charge on any atom is 0.170 e. The number of oxime groups is 1. The van der Waals surface area contributed by atoms with Crippen molar-refractivity contribution < 1.29 is 5.21 Å². The first kappa shape index (κ1) is 12.5. The zero-order valence-corrected chi connectivity index (χ0v) is 10.3. The third kappa shape index (κ3) is 2.72. The third-order valence-electron chi connectivity index (χ3n) is 2.57. The maximum atomic E-state index is 8.72. The molecule has 0 spiro atoms. The lowest BCUT2D eigenvalue weighted by atomic mass is 10.0. The van der Waals surface area contributed by atoms with Gasteiger partial charge in [-0.1, -0.05) is 19.0 Å². The van der Waals surface area contributed by atoms with Crippen molar-refractivity contribution >= 4 is 5.84 Å². The first-order valence-electron chi connectivity index (χ1n) is 5.40. The van der Waals surface area contributed by atoms with Crippen LogP contribution in [0.2, 0.25) is 0 Å². The van der Waals surface area contributed by atoms with E-state index in [1.807, 2.05) is 19.9 Å². The SMILES string of the molecule is Cc1nc(CC(C)C)cc(C(N)=NO)c1C. The predicted molar refractivity (Wildman–Crippen MR) is 64.8 cm³/mol. The fraction of sp³-hybridized carbons (Fsp3) is 0.500. The summed E-state index contributed by atoms with van der Waals surface area (Å²) in [5.74, 6) is 0.683. The van der Waals surface area contributed by atoms with Crippen LogP contribution in [0.4, 0.5) is 0 Å². The monoisotopic (exact) mass is 221 g/mol. The fourth-order valence-electron chi connectivity index (χ4n) is 1.64. The van der Waals surface area contributed by atoms with Gasteiger partial charge < -0.3 is 10.9 Å². The molecule has 0 aliphatic rings. The molecule has 0 amide bonds. The summed E-state index contributed by atoms with van der Waals surface area (Å²) in [4.78, 5) is 4.50. The molecule has 88 valence electrons. The smallest absolute Gasteiger partial charge is 0.170 e. The van der Waals surface area contributed by atoms with E-state index in [-0.39, 0.29) is 5.84 Å². The van der Waals surface area contributed by atoms with Crippen LogP contribution in [0.25, 0.3) is 0 Å². The normalized spacial score (nSPS) is 12.2. The molecule has 0 aliphatic carbocycles. The van der Waals surface area contributed by atoms with E-state index in [1.165, 1.54) is 0 Å². The Morgan fingerprint density at radius 2 is 2.12 bits per heavy atom. The number of hydrogen-bond acceptors (Lipinski definition) is 3. The minimum atomic E-state index is 0.146. The lowest BCUT2D eigenvalue weighted by Gasteiger charge is -2.11. The summed E-state index contributed by atoms with van der Waals surface area (Å²) in [6, 6.07) is 1.90. The second-order valence-electron chi connectivity index (χ2n) is 4.45. The largest absolute Gasteiger partial charge is 0.409 e. The van der Waals surface area contributed by atoms with Gasteiger partial charge in [-0.3, -0.25) is 4.98 Å². The van der Waals surface area contributed by atoms with Gasteiger partial charge in [0.25, 0.3) is 0 Å². The average Bonchev–Trinajstić information content (AvgIpc) is 2.21. The molecule has 0 unspecified atom stereocenters. The molecular formula is C12H19N3O. The molecule has 0 atom stereocenters. The van der Waals surface area contributed by atoms with E-state index in [0.717, 1.165) is 28.9 Å². The molecule has 1 aromatic rings. The van der Waals surface area contributed by atoms with Crippen LogP contribution in [0, 0.1) is 19.8 Å². The number of nitrogens with zero attached hydrogens (tertiary/aromatic N) is 2. The highest BCUT2D eigenvalue weighted by Crippen LogP contribution is 2.15. The molecule has 0 saturated carbocycles. The van der Waals surface area contributed by atoms with E-state index in [2.05, 4.69) is 24.0 Å². The molecule has 0 bridgehead atoms. The van der Waals surface area contributed by atoms with Crippen LogP contribution in [-0.4, -0.2) is 16.0 Å². The topological polar surface area (TPSA) is 71.5 Å². The summed E-state index contributed by atoms with van der Waals surface area (Å²) >= 11 is 0. The number of aryl methyl sites for hydroxylation is 1. The summed E-state index contributed by atoms with van der Waals surface area (Å²) in [6.45, 7) is 8.14. The van der Waals surface area contributed by atoms with Gasteiger partial charge in [-0.2, -0.15) is 0 Å². The Balaban J connectivity index is 3.22. The van der Waals surface area contributed by atoms with Crippen LogP contribution in [0.1, 0.15) is 36.4 Å². The van der Waals surface area contributed by atoms with E-state index in [9.17, 15) is 0 Å². The summed E-state index contributed by atoms with van der Waals surface area (Å²) in [5, 5.41) is 11.8. The Kier molecular flexibility index (Phi) is 3.88. The van der Waals surface area contributed by atoms with Crippen molar-refractivity contribution in [3.8, 4) is 0 Å². The van der Waals surface area contributed by atoms with Gasteiger partial charge in [-0.05, 0) is 37.8 Å². The van der Waals surface area contributed by atoms with Crippen molar-refractivity contribution in [2.75, 3.05) is 0 Å². The number of amidine groups is 1. The number of aromatic nitrogens is 1. The first-order valence-corrected chi connectivity index (χ1v) is 5.40. The lowest BCUT2D eigenvalue weighted by molar-refractivity contribution is 0.318. The number of pyridine rings is 1. The molecular weight excluding hydrogens is 202 g/mol. The lowest BCUT2D eigenvalue weighted by Crippen LogP contribution is -2.17. The summed E-state index contributed by atoms with van der Waals surface area (Å²) in [7, 11) is 0. The highest BCUT2D eigenvalue weighted by molar-refractivity contribution is 5.98. The third-order valence-corrected chi connectivity index (χ3v) is 2.57. The molecule has 16 heavy (non-hydrogen) atoms. The van der Waals surface area contributed by atoms with Crippen molar-refractivity contribution in [2.24, 2.45) is 16.8 Å². The van der Waals surface area contributed by atoms with Gasteiger partial charge in [-0.15, -0.1) is 0 Å². The molecule has 1 heterocycles. The second kappa shape index (κ2) is 4.96. The van der Waals surface area contributed by atoms with Gasteiger partial charge in [0.1, 0.15) is 0 Å². The van der Waals surface area contributed by atoms with Crippen LogP contribution in [0.5, 0.6) is 0 Å². The highest BCUT2D eigenvalue weighted by Gasteiger charge is 2.10. The van der Waals surface area contributed by atoms with E-state index >= 15 is 0 Å². The molecule has 4 nitrogen and oxygen atoms in total. The highest BCUT2D eigenvalue weighted by atomic mass is 16.4. The Labute approximate surface area is 96.2 Å². The zero-order chi connectivity index (χ0) is 12.3. The van der Waals surface area contributed by atoms with Crippen molar-refractivity contribution in [2.45, 2.75) is 34.1 Å². The van der Waals surface area contributed by atoms with Gasteiger partial charge in [0.2, 0.25) is 0 Å². The van der Waals surface area contributed by atoms with Crippen LogP contribution < -0.4 is 5.73 Å². The Hall–Kier alpha value is -1.58. The summed E-state index contributed by atoms with van der Waals surface area (Å²) in [6.07, 6.45) is 0.896. The molecule has 3 N–H and O–H groups in total. The van der Waals surface area contributed by atoms with E-state index in [4.69, 9.17) is 10.9 Å². The molecule has 4 heteroatoms. The van der Waals surface area contributed by atoms with E-state index in [1.54, 1.807) is 0 Å². The standard InChI is InChI=1S/C12H19N3O/c1-7(2)5-10-6-11(12(13)15-16)8(3)9(4)14-10/h6-7,16H,5H2,1-4H3,(H2,13,15). The quantitative estimate of drug-likeness (QED) is 0.355. The van der Waals surface area contributed by atoms with Crippen molar-refractivity contribution in [3.63, 3.8) is 0 Å². The number of nitrogens with two attached hydrogens (primary N) is 1. The Morgan fingerprint density at radius 3 is 2.62 bits per heavy atom. The summed E-state index contributed by atoms with van der Waals surface area (Å²) < 4.78 is 0. The molecule has 1 rings (SSSR count). The average molecular weight is 221 g/mol. The minimum Gasteiger partial charge on any atom is -0.409 e. The van der Waals surface area contributed by atoms with Crippen molar-refractivity contribution in [3.05, 3.63) is 28.6 Å². The Morgan fingerprint density at radius 1 is 1.50 bits per heavy atom. The van der Waals surface area contributed by atoms with Crippen LogP contribution in [-0.2, 0) is 6.42 Å². The zero-order valence-electron chi connectivity index (χ0n) is 10.3. The van der Waals surface area contributed by atoms with Gasteiger partial charge in [-0.25, -0.2) is 0 Å². The van der Waals surface area contributed by atoms with Crippen LogP contribution in [0.3, 0.4) is 0 Å². The molecule has 0 aromatic carbocycles. The second-order valence-corrected chi connectivity index (χ2v) is 4.45. The van der Waals surface area contributed by atoms with Gasteiger partial charge >= 0.3 is 0 Å². The molecule has 0 aliphatic heterocycles. The van der Waals surface area contributed by atoms with E-state index in [0.29, 0.717) is 5.92 Å². The number of rotatable bonds is 3. The van der Waals surface area contributed by atoms with E-state index < -0.39 is 0 Å². The number of hydrogen-bond donors (Lipinski definition) is 2. The van der Waals surface area contributed by atoms with Gasteiger partial charge in [0, 0.05) is 17.0 Å². The Bertz CT molecular complexity index is 411. The van der Waals surface area contributed by atoms with Crippen LogP contribution >= 0.6 is 0 Å². The predicted octanol–water partition coefficient (Wildman–Crippen LogP) is 1.99. The van der Waals surface area contributed by atoms with Gasteiger partial charge in [0.05, 0.1) is 0 Å².